The smallest absolute Gasteiger partial charge is 0.0328 e. The first-order valence-electron chi connectivity index (χ1n) is 6.78. The van der Waals surface area contributed by atoms with Crippen molar-refractivity contribution < 1.29 is 0 Å². The van der Waals surface area contributed by atoms with E-state index < -0.39 is 0 Å². The number of likely N-dealkylation sites (tertiary alicyclic amines) is 1. The molecule has 1 aromatic heterocycles. The van der Waals surface area contributed by atoms with Crippen LogP contribution in [0.3, 0.4) is 0 Å². The van der Waals surface area contributed by atoms with E-state index in [1.54, 1.807) is 11.3 Å². The fraction of sp³-hybridized carbons (Fsp3) is 0.714. The van der Waals surface area contributed by atoms with E-state index >= 15 is 0 Å². The molecule has 0 spiro atoms. The van der Waals surface area contributed by atoms with Crippen molar-refractivity contribution in [1.29, 1.82) is 0 Å². The highest BCUT2D eigenvalue weighted by Crippen LogP contribution is 2.27. The molecule has 2 nitrogen and oxygen atoms in total. The van der Waals surface area contributed by atoms with Gasteiger partial charge in [-0.25, -0.2) is 0 Å². The molecule has 1 fully saturated rings. The lowest BCUT2D eigenvalue weighted by Gasteiger charge is -2.36. The van der Waals surface area contributed by atoms with Crippen LogP contribution < -0.4 is 5.32 Å². The van der Waals surface area contributed by atoms with Crippen molar-refractivity contribution in [3.05, 3.63) is 22.4 Å². The number of nitrogens with zero attached hydrogens (tertiary/aromatic N) is 1. The van der Waals surface area contributed by atoms with Crippen molar-refractivity contribution in [3.8, 4) is 0 Å². The predicted octanol–water partition coefficient (Wildman–Crippen LogP) is 3.13. The summed E-state index contributed by atoms with van der Waals surface area (Å²) < 4.78 is 0. The average molecular weight is 252 g/mol. The highest BCUT2D eigenvalue weighted by atomic mass is 32.1. The van der Waals surface area contributed by atoms with Gasteiger partial charge in [-0.3, -0.25) is 4.90 Å². The Bertz CT molecular complexity index is 302. The number of piperidine rings is 1. The highest BCUT2D eigenvalue weighted by Gasteiger charge is 2.23. The Balaban J connectivity index is 1.79. The normalized spacial score (nSPS) is 20.6. The third-order valence-corrected chi connectivity index (χ3v) is 4.61. The Morgan fingerprint density at radius 2 is 2.24 bits per heavy atom. The Kier molecular flexibility index (Phi) is 5.01. The molecule has 0 bridgehead atoms. The first kappa shape index (κ1) is 13.1. The summed E-state index contributed by atoms with van der Waals surface area (Å²) in [6.07, 6.45) is 2.70. The molecular weight excluding hydrogens is 228 g/mol. The number of rotatable bonds is 5. The molecular formula is C14H24N2S. The zero-order valence-electron chi connectivity index (χ0n) is 11.0. The molecule has 0 amide bonds. The maximum atomic E-state index is 3.47. The summed E-state index contributed by atoms with van der Waals surface area (Å²) in [7, 11) is 0. The van der Waals surface area contributed by atoms with Crippen LogP contribution in [0.1, 0.15) is 38.3 Å². The minimum Gasteiger partial charge on any atom is -0.317 e. The molecule has 0 radical (unpaired) electrons. The second-order valence-electron chi connectivity index (χ2n) is 5.02. The van der Waals surface area contributed by atoms with E-state index in [1.807, 2.05) is 0 Å². The van der Waals surface area contributed by atoms with Gasteiger partial charge in [-0.2, -0.15) is 11.3 Å². The van der Waals surface area contributed by atoms with Gasteiger partial charge in [0, 0.05) is 6.04 Å². The van der Waals surface area contributed by atoms with E-state index in [0.717, 1.165) is 12.5 Å². The fourth-order valence-corrected chi connectivity index (χ4v) is 3.36. The minimum absolute atomic E-state index is 0.598. The molecule has 3 heteroatoms. The van der Waals surface area contributed by atoms with Crippen molar-refractivity contribution in [1.82, 2.24) is 10.2 Å². The molecule has 1 aliphatic heterocycles. The fourth-order valence-electron chi connectivity index (χ4n) is 2.62. The Labute approximate surface area is 109 Å². The van der Waals surface area contributed by atoms with Gasteiger partial charge in [-0.1, -0.05) is 6.92 Å². The van der Waals surface area contributed by atoms with Gasteiger partial charge >= 0.3 is 0 Å². The van der Waals surface area contributed by atoms with Gasteiger partial charge in [-0.05, 0) is 74.3 Å². The van der Waals surface area contributed by atoms with Crippen LogP contribution in [0, 0.1) is 5.92 Å². The van der Waals surface area contributed by atoms with Crippen molar-refractivity contribution in [3.63, 3.8) is 0 Å². The van der Waals surface area contributed by atoms with Crippen LogP contribution >= 0.6 is 11.3 Å². The van der Waals surface area contributed by atoms with Gasteiger partial charge in [-0.15, -0.1) is 0 Å². The van der Waals surface area contributed by atoms with Crippen LogP contribution in [0.25, 0.3) is 0 Å². The third-order valence-electron chi connectivity index (χ3n) is 3.91. The lowest BCUT2D eigenvalue weighted by atomic mass is 9.95. The van der Waals surface area contributed by atoms with E-state index in [1.165, 1.54) is 38.0 Å². The largest absolute Gasteiger partial charge is 0.317 e. The number of hydrogen-bond acceptors (Lipinski definition) is 3. The van der Waals surface area contributed by atoms with Gasteiger partial charge in [0.1, 0.15) is 0 Å². The third kappa shape index (κ3) is 3.54. The Morgan fingerprint density at radius 1 is 1.47 bits per heavy atom. The molecule has 1 N–H and O–H groups in total. The number of thiophene rings is 1. The van der Waals surface area contributed by atoms with Crippen LogP contribution in [-0.2, 0) is 0 Å². The summed E-state index contributed by atoms with van der Waals surface area (Å²) in [6.45, 7) is 9.35. The van der Waals surface area contributed by atoms with Gasteiger partial charge in [0.05, 0.1) is 0 Å². The lowest BCUT2D eigenvalue weighted by Crippen LogP contribution is -2.38. The molecule has 2 heterocycles. The topological polar surface area (TPSA) is 15.3 Å². The molecule has 1 aliphatic rings. The Morgan fingerprint density at radius 3 is 2.82 bits per heavy atom. The molecule has 0 aliphatic carbocycles. The molecule has 17 heavy (non-hydrogen) atoms. The van der Waals surface area contributed by atoms with Crippen molar-refractivity contribution in [2.45, 2.75) is 32.7 Å². The zero-order chi connectivity index (χ0) is 12.1. The summed E-state index contributed by atoms with van der Waals surface area (Å²) >= 11 is 1.81. The van der Waals surface area contributed by atoms with Gasteiger partial charge in [0.2, 0.25) is 0 Å². The monoisotopic (exact) mass is 252 g/mol. The lowest BCUT2D eigenvalue weighted by molar-refractivity contribution is 0.140. The van der Waals surface area contributed by atoms with E-state index in [9.17, 15) is 0 Å². The van der Waals surface area contributed by atoms with Gasteiger partial charge in [0.25, 0.3) is 0 Å². The first-order valence-corrected chi connectivity index (χ1v) is 7.72. The SMILES string of the molecule is CCNCC1CCN(C(C)c2ccsc2)CC1. The predicted molar refractivity (Wildman–Crippen MR) is 75.6 cm³/mol. The molecule has 0 saturated carbocycles. The zero-order valence-corrected chi connectivity index (χ0v) is 11.8. The van der Waals surface area contributed by atoms with Crippen LogP contribution in [-0.4, -0.2) is 31.1 Å². The maximum absolute atomic E-state index is 3.47. The molecule has 96 valence electrons. The summed E-state index contributed by atoms with van der Waals surface area (Å²) in [5, 5.41) is 7.94. The summed E-state index contributed by atoms with van der Waals surface area (Å²) in [6, 6.07) is 2.86. The van der Waals surface area contributed by atoms with E-state index in [4.69, 9.17) is 0 Å². The second-order valence-corrected chi connectivity index (χ2v) is 5.80. The van der Waals surface area contributed by atoms with Gasteiger partial charge in [0.15, 0.2) is 0 Å². The quantitative estimate of drug-likeness (QED) is 0.866. The van der Waals surface area contributed by atoms with E-state index in [0.29, 0.717) is 6.04 Å². The minimum atomic E-state index is 0.598. The van der Waals surface area contributed by atoms with Crippen molar-refractivity contribution in [2.24, 2.45) is 5.92 Å². The van der Waals surface area contributed by atoms with Crippen LogP contribution in [0.15, 0.2) is 16.8 Å². The Hall–Kier alpha value is -0.380. The van der Waals surface area contributed by atoms with E-state index in [-0.39, 0.29) is 0 Å². The molecule has 2 rings (SSSR count). The van der Waals surface area contributed by atoms with Gasteiger partial charge < -0.3 is 5.32 Å². The van der Waals surface area contributed by atoms with Crippen molar-refractivity contribution >= 4 is 11.3 Å². The van der Waals surface area contributed by atoms with Crippen LogP contribution in [0.2, 0.25) is 0 Å². The average Bonchev–Trinajstić information content (AvgIpc) is 2.90. The number of nitrogens with one attached hydrogen (secondary N) is 1. The van der Waals surface area contributed by atoms with Crippen molar-refractivity contribution in [2.75, 3.05) is 26.2 Å². The number of hydrogen-bond donors (Lipinski definition) is 1. The summed E-state index contributed by atoms with van der Waals surface area (Å²) in [4.78, 5) is 2.63. The molecule has 1 unspecified atom stereocenters. The van der Waals surface area contributed by atoms with Crippen LogP contribution in [0.5, 0.6) is 0 Å². The molecule has 1 atom stereocenters. The standard InChI is InChI=1S/C14H24N2S/c1-3-15-10-13-4-7-16(8-5-13)12(2)14-6-9-17-11-14/h6,9,11-13,15H,3-5,7-8,10H2,1-2H3. The molecule has 1 saturated heterocycles. The first-order chi connectivity index (χ1) is 8.31. The van der Waals surface area contributed by atoms with Crippen LogP contribution in [0.4, 0.5) is 0 Å². The van der Waals surface area contributed by atoms with E-state index in [2.05, 4.69) is 40.9 Å². The molecule has 0 aromatic carbocycles. The second kappa shape index (κ2) is 6.53. The highest BCUT2D eigenvalue weighted by molar-refractivity contribution is 7.07. The molecule has 1 aromatic rings. The maximum Gasteiger partial charge on any atom is 0.0328 e. The summed E-state index contributed by atoms with van der Waals surface area (Å²) in [5.74, 6) is 0.890. The summed E-state index contributed by atoms with van der Waals surface area (Å²) in [5.41, 5.74) is 1.49.